The molecule has 0 spiro atoms. The maximum atomic E-state index is 13.0. The van der Waals surface area contributed by atoms with Crippen LogP contribution in [0.2, 0.25) is 0 Å². The van der Waals surface area contributed by atoms with E-state index in [1.165, 1.54) is 0 Å². The fraction of sp³-hybridized carbons (Fsp3) is 0.231. The monoisotopic (exact) mass is 472 g/mol. The minimum atomic E-state index is -0.334. The number of nitrogens with one attached hydrogen (secondary N) is 1. The van der Waals surface area contributed by atoms with Crippen LogP contribution in [0.25, 0.3) is 11.2 Å². The van der Waals surface area contributed by atoms with E-state index in [2.05, 4.69) is 15.3 Å². The number of carbonyl (C=O) groups excluding carboxylic acids is 2. The summed E-state index contributed by atoms with van der Waals surface area (Å²) in [5, 5.41) is 2.86. The van der Waals surface area contributed by atoms with Gasteiger partial charge in [0.1, 0.15) is 5.52 Å². The first-order valence-corrected chi connectivity index (χ1v) is 11.3. The number of pyridine rings is 1. The third kappa shape index (κ3) is 5.64. The number of anilines is 2. The number of benzene rings is 2. The van der Waals surface area contributed by atoms with Gasteiger partial charge in [0, 0.05) is 51.3 Å². The average Bonchev–Trinajstić information content (AvgIpc) is 3.20. The minimum Gasteiger partial charge on any atom is -0.399 e. The smallest absolute Gasteiger partial charge is 0.258 e. The lowest BCUT2D eigenvalue weighted by molar-refractivity contribution is 0.0784. The van der Waals surface area contributed by atoms with Crippen molar-refractivity contribution in [2.75, 3.05) is 31.8 Å². The van der Waals surface area contributed by atoms with Gasteiger partial charge in [0.15, 0.2) is 5.65 Å². The van der Waals surface area contributed by atoms with Gasteiger partial charge in [-0.05, 0) is 36.2 Å². The highest BCUT2D eigenvalue weighted by molar-refractivity contribution is 6.04. The molecule has 0 aliphatic rings. The molecule has 0 aliphatic carbocycles. The number of methoxy groups -OCH3 is 1. The first kappa shape index (κ1) is 23.9. The lowest BCUT2D eigenvalue weighted by Crippen LogP contribution is -2.26. The highest BCUT2D eigenvalue weighted by Crippen LogP contribution is 2.21. The van der Waals surface area contributed by atoms with Crippen molar-refractivity contribution in [3.63, 3.8) is 0 Å². The largest absolute Gasteiger partial charge is 0.399 e. The molecule has 3 N–H and O–H groups in total. The summed E-state index contributed by atoms with van der Waals surface area (Å²) in [4.78, 5) is 36.6. The van der Waals surface area contributed by atoms with Crippen LogP contribution in [0, 0.1) is 0 Å². The molecule has 4 rings (SSSR count). The Bertz CT molecular complexity index is 1340. The molecule has 2 aromatic carbocycles. The summed E-state index contributed by atoms with van der Waals surface area (Å²) in [6.45, 7) is 1.55. The van der Waals surface area contributed by atoms with Gasteiger partial charge in [-0.15, -0.1) is 0 Å². The number of fused-ring (bicyclic) bond motifs is 1. The fourth-order valence-electron chi connectivity index (χ4n) is 3.81. The van der Waals surface area contributed by atoms with Gasteiger partial charge in [0.25, 0.3) is 11.8 Å². The average molecular weight is 473 g/mol. The molecular weight excluding hydrogens is 444 g/mol. The molecule has 0 radical (unpaired) electrons. The number of hydrogen-bond donors (Lipinski definition) is 2. The van der Waals surface area contributed by atoms with Gasteiger partial charge < -0.3 is 15.4 Å². The fourth-order valence-corrected chi connectivity index (χ4v) is 3.81. The molecule has 35 heavy (non-hydrogen) atoms. The Morgan fingerprint density at radius 2 is 1.89 bits per heavy atom. The maximum Gasteiger partial charge on any atom is 0.258 e. The van der Waals surface area contributed by atoms with Crippen LogP contribution in [-0.2, 0) is 17.8 Å². The third-order valence-electron chi connectivity index (χ3n) is 5.55. The topological polar surface area (TPSA) is 115 Å². The molecule has 180 valence electrons. The number of aromatic nitrogens is 3. The summed E-state index contributed by atoms with van der Waals surface area (Å²) >= 11 is 0. The first-order chi connectivity index (χ1) is 17.0. The second kappa shape index (κ2) is 10.8. The van der Waals surface area contributed by atoms with Crippen LogP contribution in [0.1, 0.15) is 32.7 Å². The van der Waals surface area contributed by atoms with Gasteiger partial charge in [-0.1, -0.05) is 36.4 Å². The Labute approximate surface area is 203 Å². The summed E-state index contributed by atoms with van der Waals surface area (Å²) in [6.07, 6.45) is 2.25. The van der Waals surface area contributed by atoms with Crippen molar-refractivity contribution in [3.8, 4) is 0 Å². The third-order valence-corrected chi connectivity index (χ3v) is 5.55. The second-order valence-corrected chi connectivity index (χ2v) is 8.23. The number of nitrogens with zero attached hydrogens (tertiary/aromatic N) is 4. The highest BCUT2D eigenvalue weighted by atomic mass is 16.5. The Hall–Kier alpha value is -4.24. The molecule has 0 fully saturated rings. The molecule has 0 unspecified atom stereocenters. The molecule has 9 heteroatoms. The molecule has 2 heterocycles. The molecule has 0 saturated carbocycles. The number of carbonyl (C=O) groups is 2. The number of rotatable bonds is 9. The molecule has 9 nitrogen and oxygen atoms in total. The standard InChI is InChI=1S/C26H28N6O3/c1-31(17-18-8-4-3-5-9-18)25(34)20-15-22-23(28-16-20)32(12-7-13-35-2)26(29-22)30-24(33)19-10-6-11-21(27)14-19/h3-6,8-11,14-16H,7,12-13,17,27H2,1-2H3,(H,29,30,33). The van der Waals surface area contributed by atoms with Crippen molar-refractivity contribution in [2.45, 2.75) is 19.5 Å². The second-order valence-electron chi connectivity index (χ2n) is 8.23. The minimum absolute atomic E-state index is 0.164. The van der Waals surface area contributed by atoms with Gasteiger partial charge in [-0.2, -0.15) is 0 Å². The summed E-state index contributed by atoms with van der Waals surface area (Å²) in [5.74, 6) is -0.153. The molecule has 0 bridgehead atoms. The van der Waals surface area contributed by atoms with E-state index in [0.29, 0.717) is 60.0 Å². The summed E-state index contributed by atoms with van der Waals surface area (Å²) < 4.78 is 7.00. The van der Waals surface area contributed by atoms with Gasteiger partial charge in [-0.3, -0.25) is 19.5 Å². The molecule has 2 aromatic heterocycles. The van der Waals surface area contributed by atoms with E-state index in [1.54, 1.807) is 55.6 Å². The van der Waals surface area contributed by atoms with Crippen LogP contribution in [0.3, 0.4) is 0 Å². The number of amides is 2. The van der Waals surface area contributed by atoms with Gasteiger partial charge in [-0.25, -0.2) is 9.97 Å². The van der Waals surface area contributed by atoms with E-state index in [-0.39, 0.29) is 11.8 Å². The van der Waals surface area contributed by atoms with E-state index in [4.69, 9.17) is 10.5 Å². The van der Waals surface area contributed by atoms with Crippen LogP contribution in [0.5, 0.6) is 0 Å². The number of ether oxygens (including phenoxy) is 1. The molecule has 0 atom stereocenters. The van der Waals surface area contributed by atoms with Crippen LogP contribution in [-0.4, -0.2) is 52.0 Å². The van der Waals surface area contributed by atoms with E-state index < -0.39 is 0 Å². The summed E-state index contributed by atoms with van der Waals surface area (Å²) in [7, 11) is 3.39. The Morgan fingerprint density at radius 1 is 1.09 bits per heavy atom. The quantitative estimate of drug-likeness (QED) is 0.284. The van der Waals surface area contributed by atoms with E-state index >= 15 is 0 Å². The van der Waals surface area contributed by atoms with Gasteiger partial charge >= 0.3 is 0 Å². The first-order valence-electron chi connectivity index (χ1n) is 11.3. The normalized spacial score (nSPS) is 10.9. The number of nitrogens with two attached hydrogens (primary N) is 1. The predicted molar refractivity (Wildman–Crippen MR) is 135 cm³/mol. The van der Waals surface area contributed by atoms with Crippen molar-refractivity contribution in [2.24, 2.45) is 0 Å². The van der Waals surface area contributed by atoms with E-state index in [0.717, 1.165) is 5.56 Å². The van der Waals surface area contributed by atoms with E-state index in [1.807, 2.05) is 34.9 Å². The van der Waals surface area contributed by atoms with Crippen LogP contribution >= 0.6 is 0 Å². The zero-order valence-corrected chi connectivity index (χ0v) is 19.8. The van der Waals surface area contributed by atoms with Crippen LogP contribution < -0.4 is 11.1 Å². The van der Waals surface area contributed by atoms with Crippen molar-refractivity contribution < 1.29 is 14.3 Å². The molecule has 2 amide bonds. The lowest BCUT2D eigenvalue weighted by atomic mass is 10.2. The summed E-state index contributed by atoms with van der Waals surface area (Å²) in [6, 6.07) is 18.2. The number of hydrogen-bond acceptors (Lipinski definition) is 6. The van der Waals surface area contributed by atoms with Gasteiger partial charge in [0.2, 0.25) is 5.95 Å². The lowest BCUT2D eigenvalue weighted by Gasteiger charge is -2.17. The van der Waals surface area contributed by atoms with Crippen LogP contribution in [0.4, 0.5) is 11.6 Å². The Morgan fingerprint density at radius 3 is 2.63 bits per heavy atom. The Balaban J connectivity index is 1.61. The van der Waals surface area contributed by atoms with Crippen molar-refractivity contribution in [1.29, 1.82) is 0 Å². The molecule has 4 aromatic rings. The zero-order valence-electron chi connectivity index (χ0n) is 19.8. The summed E-state index contributed by atoms with van der Waals surface area (Å²) in [5.41, 5.74) is 9.29. The van der Waals surface area contributed by atoms with Crippen molar-refractivity contribution >= 4 is 34.6 Å². The number of imidazole rings is 1. The van der Waals surface area contributed by atoms with Crippen molar-refractivity contribution in [3.05, 3.63) is 83.6 Å². The predicted octanol–water partition coefficient (Wildman–Crippen LogP) is 3.57. The zero-order chi connectivity index (χ0) is 24.8. The van der Waals surface area contributed by atoms with Gasteiger partial charge in [0.05, 0.1) is 5.56 Å². The number of nitrogen functional groups attached to an aromatic ring is 1. The Kier molecular flexibility index (Phi) is 7.37. The number of aryl methyl sites for hydroxylation is 1. The highest BCUT2D eigenvalue weighted by Gasteiger charge is 2.19. The molecule has 0 aliphatic heterocycles. The van der Waals surface area contributed by atoms with Crippen LogP contribution in [0.15, 0.2) is 66.9 Å². The SMILES string of the molecule is COCCCn1c(NC(=O)c2cccc(N)c2)nc2cc(C(=O)N(C)Cc3ccccc3)cnc21. The maximum absolute atomic E-state index is 13.0. The van der Waals surface area contributed by atoms with E-state index in [9.17, 15) is 9.59 Å². The molecule has 0 saturated heterocycles. The molecular formula is C26H28N6O3. The van der Waals surface area contributed by atoms with Crippen molar-refractivity contribution in [1.82, 2.24) is 19.4 Å².